The summed E-state index contributed by atoms with van der Waals surface area (Å²) in [6.07, 6.45) is 0.252. The normalized spacial score (nSPS) is 16.4. The largest absolute Gasteiger partial charge is 0.480 e. The Kier molecular flexibility index (Phi) is 5.97. The maximum Gasteiger partial charge on any atom is 0.264 e. The molecule has 0 bridgehead atoms. The first-order valence-electron chi connectivity index (χ1n) is 9.51. The maximum absolute atomic E-state index is 13.0. The molecule has 0 radical (unpaired) electrons. The number of hydrogen-bond donors (Lipinski definition) is 1. The third-order valence-corrected chi connectivity index (χ3v) is 4.78. The molecule has 0 spiro atoms. The number of nitrogens with zero attached hydrogens (tertiary/aromatic N) is 1. The number of hydrogen-bond acceptors (Lipinski definition) is 3. The summed E-state index contributed by atoms with van der Waals surface area (Å²) in [5.74, 6) is 0.129. The van der Waals surface area contributed by atoms with Gasteiger partial charge in [0.05, 0.1) is 6.42 Å². The Morgan fingerprint density at radius 3 is 2.61 bits per heavy atom. The highest BCUT2D eigenvalue weighted by Gasteiger charge is 2.31. The molecule has 1 N–H and O–H groups in total. The Morgan fingerprint density at radius 1 is 1.25 bits per heavy atom. The summed E-state index contributed by atoms with van der Waals surface area (Å²) in [7, 11) is 0. The highest BCUT2D eigenvalue weighted by molar-refractivity contribution is 5.92. The van der Waals surface area contributed by atoms with Gasteiger partial charge < -0.3 is 15.0 Å². The zero-order valence-electron chi connectivity index (χ0n) is 16.4. The van der Waals surface area contributed by atoms with Crippen LogP contribution in [0.25, 0.3) is 0 Å². The minimum Gasteiger partial charge on any atom is -0.480 e. The fourth-order valence-electron chi connectivity index (χ4n) is 3.23. The first-order valence-corrected chi connectivity index (χ1v) is 9.51. The molecule has 0 fully saturated rings. The Bertz CT molecular complexity index is 865. The highest BCUT2D eigenvalue weighted by atomic mass is 19.1. The van der Waals surface area contributed by atoms with Gasteiger partial charge in [-0.15, -0.1) is 0 Å². The first kappa shape index (κ1) is 19.9. The molecule has 148 valence electrons. The van der Waals surface area contributed by atoms with Crippen LogP contribution in [0.15, 0.2) is 42.5 Å². The maximum atomic E-state index is 13.0. The molecule has 6 heteroatoms. The molecule has 2 aromatic rings. The number of carbonyl (C=O) groups excluding carboxylic acids is 2. The van der Waals surface area contributed by atoms with Crippen LogP contribution in [0.4, 0.5) is 10.1 Å². The fourth-order valence-corrected chi connectivity index (χ4v) is 3.23. The highest BCUT2D eigenvalue weighted by Crippen LogP contribution is 2.30. The topological polar surface area (TPSA) is 58.6 Å². The number of rotatable bonds is 5. The predicted octanol–water partition coefficient (Wildman–Crippen LogP) is 3.91. The van der Waals surface area contributed by atoms with E-state index in [9.17, 15) is 14.0 Å². The van der Waals surface area contributed by atoms with Crippen LogP contribution in [0, 0.1) is 5.82 Å². The van der Waals surface area contributed by atoms with Crippen molar-refractivity contribution in [3.63, 3.8) is 0 Å². The zero-order chi connectivity index (χ0) is 20.3. The van der Waals surface area contributed by atoms with E-state index in [4.69, 9.17) is 4.74 Å². The van der Waals surface area contributed by atoms with Crippen LogP contribution in [0.2, 0.25) is 0 Å². The summed E-state index contributed by atoms with van der Waals surface area (Å²) < 4.78 is 18.9. The second kappa shape index (κ2) is 8.42. The number of amides is 2. The lowest BCUT2D eigenvalue weighted by Crippen LogP contribution is -2.42. The fraction of sp³-hybridized carbons (Fsp3) is 0.364. The van der Waals surface area contributed by atoms with Crippen LogP contribution in [0.5, 0.6) is 5.75 Å². The SMILES string of the molecule is CC[C@@H]1Oc2ccc(NC(=O)Cc3ccc(F)cc3)cc2CN(C(C)C)C1=O. The van der Waals surface area contributed by atoms with Gasteiger partial charge in [-0.25, -0.2) is 4.39 Å². The summed E-state index contributed by atoms with van der Waals surface area (Å²) in [6, 6.07) is 11.3. The Labute approximate surface area is 164 Å². The molecular weight excluding hydrogens is 359 g/mol. The Morgan fingerprint density at radius 2 is 1.96 bits per heavy atom. The average Bonchev–Trinajstić information content (AvgIpc) is 2.80. The molecule has 28 heavy (non-hydrogen) atoms. The van der Waals surface area contributed by atoms with Gasteiger partial charge in [-0.3, -0.25) is 9.59 Å². The van der Waals surface area contributed by atoms with Crippen molar-refractivity contribution in [1.29, 1.82) is 0 Å². The number of anilines is 1. The predicted molar refractivity (Wildman–Crippen MR) is 106 cm³/mol. The number of halogens is 1. The van der Waals surface area contributed by atoms with Crippen molar-refractivity contribution in [2.45, 2.75) is 52.3 Å². The van der Waals surface area contributed by atoms with E-state index in [1.807, 2.05) is 26.8 Å². The van der Waals surface area contributed by atoms with E-state index in [1.54, 1.807) is 29.2 Å². The van der Waals surface area contributed by atoms with E-state index >= 15 is 0 Å². The van der Waals surface area contributed by atoms with Gasteiger partial charge in [0.1, 0.15) is 11.6 Å². The summed E-state index contributed by atoms with van der Waals surface area (Å²) in [4.78, 5) is 26.8. The molecule has 0 saturated heterocycles. The van der Waals surface area contributed by atoms with E-state index < -0.39 is 6.10 Å². The molecule has 1 heterocycles. The second-order valence-electron chi connectivity index (χ2n) is 7.25. The molecule has 0 unspecified atom stereocenters. The number of benzene rings is 2. The monoisotopic (exact) mass is 384 g/mol. The third-order valence-electron chi connectivity index (χ3n) is 4.78. The van der Waals surface area contributed by atoms with Crippen molar-refractivity contribution in [3.05, 3.63) is 59.4 Å². The van der Waals surface area contributed by atoms with Gasteiger partial charge in [0.15, 0.2) is 6.10 Å². The van der Waals surface area contributed by atoms with E-state index in [2.05, 4.69) is 5.32 Å². The van der Waals surface area contributed by atoms with Gasteiger partial charge in [0.25, 0.3) is 5.91 Å². The quantitative estimate of drug-likeness (QED) is 0.850. The van der Waals surface area contributed by atoms with Crippen molar-refractivity contribution in [2.75, 3.05) is 5.32 Å². The molecule has 2 aromatic carbocycles. The van der Waals surface area contributed by atoms with Crippen molar-refractivity contribution < 1.29 is 18.7 Å². The first-order chi connectivity index (χ1) is 13.4. The second-order valence-corrected chi connectivity index (χ2v) is 7.25. The third kappa shape index (κ3) is 4.50. The van der Waals surface area contributed by atoms with Crippen LogP contribution in [0.3, 0.4) is 0 Å². The standard InChI is InChI=1S/C22H25FN2O3/c1-4-19-22(27)25(14(2)3)13-16-12-18(9-10-20(16)28-19)24-21(26)11-15-5-7-17(23)8-6-15/h5-10,12,14,19H,4,11,13H2,1-3H3,(H,24,26)/t19-/m0/s1. The summed E-state index contributed by atoms with van der Waals surface area (Å²) >= 11 is 0. The number of carbonyl (C=O) groups is 2. The summed E-state index contributed by atoms with van der Waals surface area (Å²) in [6.45, 7) is 6.31. The van der Waals surface area contributed by atoms with Gasteiger partial charge in [-0.2, -0.15) is 0 Å². The van der Waals surface area contributed by atoms with Crippen LogP contribution >= 0.6 is 0 Å². The van der Waals surface area contributed by atoms with Crippen LogP contribution < -0.4 is 10.1 Å². The lowest BCUT2D eigenvalue weighted by Gasteiger charge is -2.27. The molecule has 1 aliphatic rings. The number of ether oxygens (including phenoxy) is 1. The zero-order valence-corrected chi connectivity index (χ0v) is 16.4. The van der Waals surface area contributed by atoms with Gasteiger partial charge in [-0.05, 0) is 56.2 Å². The average molecular weight is 384 g/mol. The van der Waals surface area contributed by atoms with E-state index in [-0.39, 0.29) is 30.1 Å². The summed E-state index contributed by atoms with van der Waals surface area (Å²) in [5, 5.41) is 2.86. The molecule has 1 aliphatic heterocycles. The molecule has 0 saturated carbocycles. The minimum absolute atomic E-state index is 0.0180. The molecule has 0 aromatic heterocycles. The van der Waals surface area contributed by atoms with E-state index in [0.717, 1.165) is 11.1 Å². The molecule has 0 aliphatic carbocycles. The smallest absolute Gasteiger partial charge is 0.264 e. The molecule has 3 rings (SSSR count). The van der Waals surface area contributed by atoms with Crippen LogP contribution in [-0.4, -0.2) is 28.9 Å². The minimum atomic E-state index is -0.498. The van der Waals surface area contributed by atoms with Crippen molar-refractivity contribution >= 4 is 17.5 Å². The van der Waals surface area contributed by atoms with Gasteiger partial charge in [0, 0.05) is 23.8 Å². The van der Waals surface area contributed by atoms with Crippen LogP contribution in [-0.2, 0) is 22.6 Å². The summed E-state index contributed by atoms with van der Waals surface area (Å²) in [5.41, 5.74) is 2.23. The van der Waals surface area contributed by atoms with Crippen molar-refractivity contribution in [1.82, 2.24) is 4.90 Å². The Hall–Kier alpha value is -2.89. The van der Waals surface area contributed by atoms with Crippen molar-refractivity contribution in [3.8, 4) is 5.75 Å². The van der Waals surface area contributed by atoms with Crippen LogP contribution in [0.1, 0.15) is 38.3 Å². The van der Waals surface area contributed by atoms with Gasteiger partial charge in [-0.1, -0.05) is 19.1 Å². The molecular formula is C22H25FN2O3. The lowest BCUT2D eigenvalue weighted by molar-refractivity contribution is -0.140. The molecule has 5 nitrogen and oxygen atoms in total. The van der Waals surface area contributed by atoms with E-state index in [0.29, 0.717) is 24.4 Å². The van der Waals surface area contributed by atoms with Gasteiger partial charge >= 0.3 is 0 Å². The lowest BCUT2D eigenvalue weighted by atomic mass is 10.1. The van der Waals surface area contributed by atoms with Gasteiger partial charge in [0.2, 0.25) is 5.91 Å². The Balaban J connectivity index is 1.77. The van der Waals surface area contributed by atoms with Crippen molar-refractivity contribution in [2.24, 2.45) is 0 Å². The molecule has 2 amide bonds. The number of fused-ring (bicyclic) bond motifs is 1. The number of nitrogens with one attached hydrogen (secondary N) is 1. The molecule has 1 atom stereocenters. The van der Waals surface area contributed by atoms with E-state index in [1.165, 1.54) is 12.1 Å².